The van der Waals surface area contributed by atoms with Gasteiger partial charge < -0.3 is 4.74 Å². The average Bonchev–Trinajstić information content (AvgIpc) is 3.56. The van der Waals surface area contributed by atoms with Crippen LogP contribution in [0.25, 0.3) is 10.9 Å². The Labute approximate surface area is 192 Å². The summed E-state index contributed by atoms with van der Waals surface area (Å²) in [6, 6.07) is 8.95. The Balaban J connectivity index is 1.94. The normalized spacial score (nSPS) is 14.1. The molecule has 0 radical (unpaired) electrons. The lowest BCUT2D eigenvalue weighted by Gasteiger charge is -2.23. The predicted molar refractivity (Wildman–Crippen MR) is 119 cm³/mol. The van der Waals surface area contributed by atoms with E-state index in [0.29, 0.717) is 24.2 Å². The van der Waals surface area contributed by atoms with Crippen molar-refractivity contribution in [3.63, 3.8) is 0 Å². The lowest BCUT2D eigenvalue weighted by molar-refractivity contribution is -0.383. The maximum Gasteiger partial charge on any atom is 0.295 e. The minimum Gasteiger partial charge on any atom is -0.497 e. The zero-order chi connectivity index (χ0) is 23.9. The van der Waals surface area contributed by atoms with Crippen molar-refractivity contribution in [2.45, 2.75) is 37.6 Å². The summed E-state index contributed by atoms with van der Waals surface area (Å²) in [4.78, 5) is 10.9. The van der Waals surface area contributed by atoms with Gasteiger partial charge in [-0.2, -0.15) is 5.10 Å². The van der Waals surface area contributed by atoms with E-state index in [1.54, 1.807) is 24.3 Å². The van der Waals surface area contributed by atoms with Gasteiger partial charge in [-0.25, -0.2) is 26.2 Å². The molecule has 176 valence electrons. The number of methoxy groups -OCH3 is 1. The number of sulfonamides is 1. The molecule has 0 atom stereocenters. The van der Waals surface area contributed by atoms with E-state index in [9.17, 15) is 27.3 Å². The van der Waals surface area contributed by atoms with Crippen LogP contribution in [0.2, 0.25) is 5.02 Å². The Morgan fingerprint density at radius 3 is 2.48 bits per heavy atom. The van der Waals surface area contributed by atoms with Gasteiger partial charge in [-0.15, -0.1) is 0 Å². The first-order chi connectivity index (χ1) is 15.6. The van der Waals surface area contributed by atoms with Crippen molar-refractivity contribution < 1.29 is 26.9 Å². The molecule has 33 heavy (non-hydrogen) atoms. The number of non-ortho nitro benzene ring substituents is 1. The van der Waals surface area contributed by atoms with Gasteiger partial charge in [0.2, 0.25) is 10.0 Å². The van der Waals surface area contributed by atoms with Crippen LogP contribution < -0.4 is 9.04 Å². The van der Waals surface area contributed by atoms with Gasteiger partial charge in [-0.05, 0) is 36.6 Å². The number of nitrogens with zero attached hydrogens (tertiary/aromatic N) is 4. The molecule has 13 heteroatoms. The minimum atomic E-state index is -3.94. The summed E-state index contributed by atoms with van der Waals surface area (Å²) in [5, 5.41) is 15.0. The first kappa shape index (κ1) is 23.2. The van der Waals surface area contributed by atoms with Gasteiger partial charge in [-0.3, -0.25) is 10.1 Å². The molecule has 1 aromatic heterocycles. The second kappa shape index (κ2) is 8.75. The van der Waals surface area contributed by atoms with Crippen LogP contribution in [0.1, 0.15) is 18.4 Å². The van der Waals surface area contributed by atoms with Gasteiger partial charge >= 0.3 is 0 Å². The molecule has 0 aliphatic heterocycles. The van der Waals surface area contributed by atoms with Crippen molar-refractivity contribution >= 4 is 44.0 Å². The molecule has 1 fully saturated rings. The molecule has 3 aromatic rings. The number of benzene rings is 2. The molecule has 1 saturated carbocycles. The van der Waals surface area contributed by atoms with E-state index in [-0.39, 0.29) is 28.3 Å². The second-order valence-electron chi connectivity index (χ2n) is 7.54. The maximum atomic E-state index is 13.4. The molecule has 1 aliphatic carbocycles. The fourth-order valence-corrected chi connectivity index (χ4v) is 5.58. The molecule has 0 N–H and O–H groups in total. The van der Waals surface area contributed by atoms with Gasteiger partial charge in [0, 0.05) is 6.07 Å². The summed E-state index contributed by atoms with van der Waals surface area (Å²) >= 11 is 6.32. The van der Waals surface area contributed by atoms with Crippen LogP contribution in [0, 0.1) is 10.1 Å². The first-order valence-corrected chi connectivity index (χ1v) is 11.8. The Morgan fingerprint density at radius 1 is 1.27 bits per heavy atom. The van der Waals surface area contributed by atoms with Gasteiger partial charge in [0.25, 0.3) is 12.1 Å². The van der Waals surface area contributed by atoms with Gasteiger partial charge in [-0.1, -0.05) is 23.7 Å². The SMILES string of the molecule is COc1ccc(CN(c2nn(CC(F)F)c3c([N+](=O)[O-])ccc(Cl)c23)S(=O)(=O)C2CC2)cc1. The summed E-state index contributed by atoms with van der Waals surface area (Å²) in [6.07, 6.45) is -1.98. The monoisotopic (exact) mass is 500 g/mol. The highest BCUT2D eigenvalue weighted by Gasteiger charge is 2.42. The lowest BCUT2D eigenvalue weighted by Crippen LogP contribution is -2.34. The third kappa shape index (κ3) is 4.44. The fraction of sp³-hybridized carbons (Fsp3) is 0.350. The molecule has 0 unspecified atom stereocenters. The van der Waals surface area contributed by atoms with Crippen molar-refractivity contribution in [3.8, 4) is 5.75 Å². The molecule has 0 saturated heterocycles. The molecule has 1 aliphatic rings. The van der Waals surface area contributed by atoms with Crippen LogP contribution in [0.15, 0.2) is 36.4 Å². The molecule has 9 nitrogen and oxygen atoms in total. The number of alkyl halides is 2. The summed E-state index contributed by atoms with van der Waals surface area (Å²) < 4.78 is 60.1. The number of hydrogen-bond acceptors (Lipinski definition) is 6. The van der Waals surface area contributed by atoms with E-state index >= 15 is 0 Å². The lowest BCUT2D eigenvalue weighted by atomic mass is 10.2. The Bertz CT molecular complexity index is 1310. The van der Waals surface area contributed by atoms with Crippen LogP contribution in [-0.2, 0) is 23.1 Å². The number of fused-ring (bicyclic) bond motifs is 1. The first-order valence-electron chi connectivity index (χ1n) is 9.89. The zero-order valence-electron chi connectivity index (χ0n) is 17.3. The average molecular weight is 501 g/mol. The van der Waals surface area contributed by atoms with E-state index in [0.717, 1.165) is 15.1 Å². The largest absolute Gasteiger partial charge is 0.497 e. The summed E-state index contributed by atoms with van der Waals surface area (Å²) in [5.41, 5.74) is -0.173. The molecule has 2 aromatic carbocycles. The van der Waals surface area contributed by atoms with E-state index in [1.165, 1.54) is 13.2 Å². The van der Waals surface area contributed by atoms with Crippen LogP contribution in [0.3, 0.4) is 0 Å². The Morgan fingerprint density at radius 2 is 1.94 bits per heavy atom. The zero-order valence-corrected chi connectivity index (χ0v) is 18.9. The molecular formula is C20H19ClF2N4O5S. The van der Waals surface area contributed by atoms with Gasteiger partial charge in [0.05, 0.1) is 34.2 Å². The molecular weight excluding hydrogens is 482 g/mol. The molecule has 4 rings (SSSR count). The van der Waals surface area contributed by atoms with Crippen molar-refractivity contribution in [1.29, 1.82) is 0 Å². The highest BCUT2D eigenvalue weighted by Crippen LogP contribution is 2.42. The van der Waals surface area contributed by atoms with Crippen molar-refractivity contribution in [3.05, 3.63) is 57.1 Å². The number of ether oxygens (including phenoxy) is 1. The second-order valence-corrected chi connectivity index (χ2v) is 10.1. The van der Waals surface area contributed by atoms with Crippen LogP contribution in [0.4, 0.5) is 20.3 Å². The summed E-state index contributed by atoms with van der Waals surface area (Å²) in [5.74, 6) is 0.350. The van der Waals surface area contributed by atoms with E-state index in [4.69, 9.17) is 16.3 Å². The number of nitro benzene ring substituents is 1. The highest BCUT2D eigenvalue weighted by atomic mass is 35.5. The number of halogens is 3. The Hall–Kier alpha value is -2.99. The van der Waals surface area contributed by atoms with Crippen molar-refractivity contribution in [1.82, 2.24) is 9.78 Å². The van der Waals surface area contributed by atoms with E-state index < -0.39 is 38.9 Å². The van der Waals surface area contributed by atoms with Crippen molar-refractivity contribution in [2.75, 3.05) is 11.4 Å². The number of anilines is 1. The molecule has 1 heterocycles. The topological polar surface area (TPSA) is 108 Å². The highest BCUT2D eigenvalue weighted by molar-refractivity contribution is 7.93. The summed E-state index contributed by atoms with van der Waals surface area (Å²) in [6.45, 7) is -1.12. The number of rotatable bonds is 9. The maximum absolute atomic E-state index is 13.4. The van der Waals surface area contributed by atoms with Gasteiger partial charge in [0.1, 0.15) is 17.8 Å². The number of hydrogen-bond donors (Lipinski definition) is 0. The van der Waals surface area contributed by atoms with E-state index in [2.05, 4.69) is 5.10 Å². The van der Waals surface area contributed by atoms with Crippen molar-refractivity contribution in [2.24, 2.45) is 0 Å². The summed E-state index contributed by atoms with van der Waals surface area (Å²) in [7, 11) is -2.45. The molecule has 0 spiro atoms. The number of aromatic nitrogens is 2. The van der Waals surface area contributed by atoms with Crippen LogP contribution >= 0.6 is 11.6 Å². The van der Waals surface area contributed by atoms with Crippen LogP contribution in [0.5, 0.6) is 5.75 Å². The third-order valence-electron chi connectivity index (χ3n) is 5.28. The Kier molecular flexibility index (Phi) is 6.14. The minimum absolute atomic E-state index is 0.0307. The quantitative estimate of drug-likeness (QED) is 0.319. The molecule has 0 amide bonds. The predicted octanol–water partition coefficient (Wildman–Crippen LogP) is 4.37. The number of nitro groups is 1. The smallest absolute Gasteiger partial charge is 0.295 e. The molecule has 0 bridgehead atoms. The standard InChI is InChI=1S/C20H19ClF2N4O5S/c1-32-13-4-2-12(3-5-13)10-26(33(30,31)14-6-7-14)20-18-15(21)8-9-16(27(28)29)19(18)25(24-20)11-17(22)23/h2-5,8-9,14,17H,6-7,10-11H2,1H3. The van der Waals surface area contributed by atoms with Crippen LogP contribution in [-0.4, -0.2) is 41.9 Å². The fourth-order valence-electron chi connectivity index (χ4n) is 3.56. The van der Waals surface area contributed by atoms with E-state index in [1.807, 2.05) is 0 Å². The third-order valence-corrected chi connectivity index (χ3v) is 7.83. The van der Waals surface area contributed by atoms with Gasteiger partial charge in [0.15, 0.2) is 5.82 Å².